The minimum Gasteiger partial charge on any atom is -0.497 e. The van der Waals surface area contributed by atoms with Crippen LogP contribution in [0.2, 0.25) is 0 Å². The van der Waals surface area contributed by atoms with Gasteiger partial charge in [-0.2, -0.15) is 0 Å². The van der Waals surface area contributed by atoms with Crippen molar-refractivity contribution >= 4 is 6.08 Å². The molecule has 2 aromatic rings. The van der Waals surface area contributed by atoms with Crippen molar-refractivity contribution in [2.45, 2.75) is 0 Å². The van der Waals surface area contributed by atoms with E-state index in [0.717, 1.165) is 11.3 Å². The number of nitrogens with zero attached hydrogens (tertiary/aromatic N) is 3. The quantitative estimate of drug-likeness (QED) is 0.595. The van der Waals surface area contributed by atoms with E-state index < -0.39 is 5.56 Å². The summed E-state index contributed by atoms with van der Waals surface area (Å²) in [5.41, 5.74) is 0.817. The van der Waals surface area contributed by atoms with Gasteiger partial charge < -0.3 is 4.74 Å². The highest BCUT2D eigenvalue weighted by atomic mass is 16.5. The van der Waals surface area contributed by atoms with E-state index >= 15 is 0 Å². The van der Waals surface area contributed by atoms with E-state index in [1.165, 1.54) is 12.1 Å². The third-order valence-corrected chi connectivity index (χ3v) is 2.30. The molecule has 0 amide bonds. The van der Waals surface area contributed by atoms with Crippen LogP contribution in [0.25, 0.3) is 11.3 Å². The zero-order valence-corrected chi connectivity index (χ0v) is 9.53. The Kier molecular flexibility index (Phi) is 3.31. The summed E-state index contributed by atoms with van der Waals surface area (Å²) < 4.78 is 5.04. The van der Waals surface area contributed by atoms with Gasteiger partial charge >= 0.3 is 0 Å². The molecule has 0 saturated heterocycles. The van der Waals surface area contributed by atoms with E-state index in [-0.39, 0.29) is 0 Å². The molecule has 0 spiro atoms. The molecule has 0 radical (unpaired) electrons. The molecule has 0 aliphatic heterocycles. The molecule has 0 aliphatic carbocycles. The number of isocyanates is 1. The molecule has 0 bridgehead atoms. The Labute approximate surface area is 102 Å². The van der Waals surface area contributed by atoms with Crippen molar-refractivity contribution in [3.63, 3.8) is 0 Å². The van der Waals surface area contributed by atoms with Crippen LogP contribution in [0.1, 0.15) is 0 Å². The van der Waals surface area contributed by atoms with Gasteiger partial charge in [-0.3, -0.25) is 4.79 Å². The van der Waals surface area contributed by atoms with Gasteiger partial charge in [0.25, 0.3) is 11.6 Å². The number of carbonyl (C=O) groups excluding carboxylic acids is 1. The molecule has 1 aromatic carbocycles. The van der Waals surface area contributed by atoms with Crippen molar-refractivity contribution in [1.82, 2.24) is 9.89 Å². The van der Waals surface area contributed by atoms with Gasteiger partial charge in [-0.15, -0.1) is 5.10 Å². The van der Waals surface area contributed by atoms with Crippen molar-refractivity contribution in [2.24, 2.45) is 5.10 Å². The SMILES string of the molecule is COc1ccc(-c2ccc(=O)n(N=C=O)n2)cc1. The number of benzene rings is 1. The Morgan fingerprint density at radius 3 is 2.56 bits per heavy atom. The first-order chi connectivity index (χ1) is 8.74. The number of rotatable bonds is 3. The zero-order valence-electron chi connectivity index (χ0n) is 9.53. The molecular formula is C12H9N3O3. The van der Waals surface area contributed by atoms with Gasteiger partial charge in [-0.1, -0.05) is 9.89 Å². The smallest absolute Gasteiger partial charge is 0.289 e. The third-order valence-electron chi connectivity index (χ3n) is 2.30. The van der Waals surface area contributed by atoms with E-state index in [1.54, 1.807) is 37.4 Å². The second-order valence-corrected chi connectivity index (χ2v) is 3.37. The van der Waals surface area contributed by atoms with E-state index in [2.05, 4.69) is 10.2 Å². The monoisotopic (exact) mass is 243 g/mol. The van der Waals surface area contributed by atoms with Crippen LogP contribution in [0.4, 0.5) is 0 Å². The molecule has 0 fully saturated rings. The Morgan fingerprint density at radius 1 is 1.22 bits per heavy atom. The summed E-state index contributed by atoms with van der Waals surface area (Å²) in [6.07, 6.45) is 1.28. The maximum absolute atomic E-state index is 11.3. The minimum atomic E-state index is -0.490. The molecule has 1 aromatic heterocycles. The average molecular weight is 243 g/mol. The fraction of sp³-hybridized carbons (Fsp3) is 0.0833. The third kappa shape index (κ3) is 2.34. The van der Waals surface area contributed by atoms with Crippen LogP contribution >= 0.6 is 0 Å². The summed E-state index contributed by atoms with van der Waals surface area (Å²) in [7, 11) is 1.58. The molecule has 18 heavy (non-hydrogen) atoms. The molecule has 1 heterocycles. The number of hydrogen-bond acceptors (Lipinski definition) is 5. The molecule has 0 atom stereocenters. The first kappa shape index (κ1) is 11.8. The largest absolute Gasteiger partial charge is 0.497 e. The number of hydrogen-bond donors (Lipinski definition) is 0. The van der Waals surface area contributed by atoms with Crippen molar-refractivity contribution in [3.05, 3.63) is 46.8 Å². The second-order valence-electron chi connectivity index (χ2n) is 3.37. The lowest BCUT2D eigenvalue weighted by atomic mass is 10.1. The average Bonchev–Trinajstić information content (AvgIpc) is 2.42. The molecule has 0 N–H and O–H groups in total. The van der Waals surface area contributed by atoms with E-state index in [4.69, 9.17) is 4.74 Å². The Morgan fingerprint density at radius 2 is 1.94 bits per heavy atom. The van der Waals surface area contributed by atoms with Crippen LogP contribution in [0, 0.1) is 0 Å². The Balaban J connectivity index is 2.46. The van der Waals surface area contributed by atoms with Crippen molar-refractivity contribution in [2.75, 3.05) is 7.11 Å². The van der Waals surface area contributed by atoms with Gasteiger partial charge in [0.05, 0.1) is 12.8 Å². The summed E-state index contributed by atoms with van der Waals surface area (Å²) in [6.45, 7) is 0. The van der Waals surface area contributed by atoms with Gasteiger partial charge in [0.15, 0.2) is 0 Å². The van der Waals surface area contributed by atoms with Gasteiger partial charge in [-0.25, -0.2) is 4.79 Å². The normalized spacial score (nSPS) is 9.61. The first-order valence-electron chi connectivity index (χ1n) is 5.07. The fourth-order valence-corrected chi connectivity index (χ4v) is 1.43. The van der Waals surface area contributed by atoms with Gasteiger partial charge in [0.1, 0.15) is 5.75 Å². The molecule has 90 valence electrons. The van der Waals surface area contributed by atoms with Crippen LogP contribution in [0.5, 0.6) is 5.75 Å². The van der Waals surface area contributed by atoms with Crippen molar-refractivity contribution < 1.29 is 9.53 Å². The number of ether oxygens (including phenoxy) is 1. The summed E-state index contributed by atoms with van der Waals surface area (Å²) in [6, 6.07) is 9.97. The van der Waals surface area contributed by atoms with Crippen LogP contribution in [-0.4, -0.2) is 23.1 Å². The van der Waals surface area contributed by atoms with Crippen molar-refractivity contribution in [1.29, 1.82) is 0 Å². The van der Waals surface area contributed by atoms with Crippen LogP contribution in [0.15, 0.2) is 46.3 Å². The lowest BCUT2D eigenvalue weighted by Gasteiger charge is -2.03. The predicted molar refractivity (Wildman–Crippen MR) is 64.0 cm³/mol. The number of methoxy groups -OCH3 is 1. The fourth-order valence-electron chi connectivity index (χ4n) is 1.43. The zero-order chi connectivity index (χ0) is 13.0. The Hall–Kier alpha value is -2.72. The lowest BCUT2D eigenvalue weighted by Crippen LogP contribution is -2.17. The standard InChI is InChI=1S/C12H9N3O3/c1-18-10-4-2-9(3-5-10)11-6-7-12(17)15(14-11)13-8-16/h2-7H,1H3. The predicted octanol–water partition coefficient (Wildman–Crippen LogP) is 1.02. The van der Waals surface area contributed by atoms with Crippen molar-refractivity contribution in [3.8, 4) is 17.0 Å². The summed E-state index contributed by atoms with van der Waals surface area (Å²) in [4.78, 5) is 22.2. The first-order valence-corrected chi connectivity index (χ1v) is 5.07. The van der Waals surface area contributed by atoms with Crippen LogP contribution < -0.4 is 10.3 Å². The maximum Gasteiger partial charge on any atom is 0.289 e. The second kappa shape index (κ2) is 5.07. The molecule has 0 aliphatic rings. The topological polar surface area (TPSA) is 73.6 Å². The summed E-state index contributed by atoms with van der Waals surface area (Å²) in [5.74, 6) is 0.720. The Bertz CT molecular complexity index is 655. The van der Waals surface area contributed by atoms with Crippen LogP contribution in [-0.2, 0) is 4.79 Å². The highest BCUT2D eigenvalue weighted by molar-refractivity contribution is 5.59. The highest BCUT2D eigenvalue weighted by Gasteiger charge is 2.03. The molecule has 6 heteroatoms. The van der Waals surface area contributed by atoms with Gasteiger partial charge in [0.2, 0.25) is 0 Å². The molecule has 6 nitrogen and oxygen atoms in total. The maximum atomic E-state index is 11.3. The highest BCUT2D eigenvalue weighted by Crippen LogP contribution is 2.19. The van der Waals surface area contributed by atoms with E-state index in [9.17, 15) is 9.59 Å². The molecule has 0 unspecified atom stereocenters. The van der Waals surface area contributed by atoms with Gasteiger partial charge in [-0.05, 0) is 30.3 Å². The summed E-state index contributed by atoms with van der Waals surface area (Å²) in [5, 5.41) is 7.11. The molecule has 2 rings (SSSR count). The van der Waals surface area contributed by atoms with E-state index in [1.807, 2.05) is 0 Å². The number of aromatic nitrogens is 2. The lowest BCUT2D eigenvalue weighted by molar-refractivity contribution is 0.415. The van der Waals surface area contributed by atoms with Crippen LogP contribution in [0.3, 0.4) is 0 Å². The minimum absolute atomic E-state index is 0.490. The van der Waals surface area contributed by atoms with E-state index in [0.29, 0.717) is 10.5 Å². The summed E-state index contributed by atoms with van der Waals surface area (Å²) >= 11 is 0. The van der Waals surface area contributed by atoms with Gasteiger partial charge in [0, 0.05) is 11.6 Å². The molecule has 0 saturated carbocycles. The molecular weight excluding hydrogens is 234 g/mol.